The van der Waals surface area contributed by atoms with Gasteiger partial charge in [-0.15, -0.1) is 0 Å². The van der Waals surface area contributed by atoms with Gasteiger partial charge in [0.15, 0.2) is 0 Å². The Bertz CT molecular complexity index is 526. The molecule has 1 aromatic carbocycles. The molecular formula is C13H14FNO. The highest BCUT2D eigenvalue weighted by atomic mass is 19.1. The van der Waals surface area contributed by atoms with Crippen molar-refractivity contribution >= 4 is 10.9 Å². The van der Waals surface area contributed by atoms with E-state index in [1.165, 1.54) is 6.07 Å². The molecule has 0 aliphatic carbocycles. The van der Waals surface area contributed by atoms with Crippen LogP contribution in [0.3, 0.4) is 0 Å². The highest BCUT2D eigenvalue weighted by Gasteiger charge is 2.33. The van der Waals surface area contributed by atoms with E-state index >= 15 is 0 Å². The second kappa shape index (κ2) is 3.32. The van der Waals surface area contributed by atoms with Crippen LogP contribution in [0.25, 0.3) is 10.9 Å². The molecule has 0 spiro atoms. The maximum absolute atomic E-state index is 13.3. The molecule has 0 saturated carbocycles. The minimum Gasteiger partial charge on any atom is -0.371 e. The van der Waals surface area contributed by atoms with E-state index in [4.69, 9.17) is 4.74 Å². The number of hydrogen-bond acceptors (Lipinski definition) is 1. The van der Waals surface area contributed by atoms with E-state index in [-0.39, 0.29) is 11.4 Å². The Morgan fingerprint density at radius 3 is 3.06 bits per heavy atom. The summed E-state index contributed by atoms with van der Waals surface area (Å²) in [5.74, 6) is -0.199. The number of H-pyrrole nitrogens is 1. The molecule has 1 fully saturated rings. The van der Waals surface area contributed by atoms with Crippen molar-refractivity contribution in [1.29, 1.82) is 0 Å². The Morgan fingerprint density at radius 1 is 1.44 bits per heavy atom. The number of ether oxygens (including phenoxy) is 1. The molecule has 1 aliphatic rings. The molecule has 0 radical (unpaired) electrons. The molecule has 3 rings (SSSR count). The van der Waals surface area contributed by atoms with Crippen molar-refractivity contribution < 1.29 is 9.13 Å². The lowest BCUT2D eigenvalue weighted by Gasteiger charge is -2.22. The largest absolute Gasteiger partial charge is 0.371 e. The maximum Gasteiger partial charge on any atom is 0.123 e. The first-order valence-corrected chi connectivity index (χ1v) is 5.60. The SMILES string of the molecule is CC1(c2c[nH]c3ccc(F)cc23)CCCO1. The second-order valence-electron chi connectivity index (χ2n) is 4.58. The Morgan fingerprint density at radius 2 is 2.31 bits per heavy atom. The van der Waals surface area contributed by atoms with Crippen LogP contribution in [0, 0.1) is 5.82 Å². The van der Waals surface area contributed by atoms with Crippen molar-refractivity contribution in [3.05, 3.63) is 35.8 Å². The van der Waals surface area contributed by atoms with Crippen molar-refractivity contribution in [1.82, 2.24) is 4.98 Å². The number of nitrogens with one attached hydrogen (secondary N) is 1. The summed E-state index contributed by atoms with van der Waals surface area (Å²) in [6, 6.07) is 4.82. The van der Waals surface area contributed by atoms with E-state index in [2.05, 4.69) is 11.9 Å². The average molecular weight is 219 g/mol. The van der Waals surface area contributed by atoms with Crippen LogP contribution in [0.15, 0.2) is 24.4 Å². The van der Waals surface area contributed by atoms with Gasteiger partial charge in [-0.1, -0.05) is 0 Å². The number of rotatable bonds is 1. The van der Waals surface area contributed by atoms with Crippen molar-refractivity contribution in [3.63, 3.8) is 0 Å². The van der Waals surface area contributed by atoms with Crippen molar-refractivity contribution in [2.24, 2.45) is 0 Å². The van der Waals surface area contributed by atoms with Crippen LogP contribution < -0.4 is 0 Å². The molecule has 1 atom stereocenters. The summed E-state index contributed by atoms with van der Waals surface area (Å²) >= 11 is 0. The summed E-state index contributed by atoms with van der Waals surface area (Å²) in [6.45, 7) is 2.87. The normalized spacial score (nSPS) is 25.4. The summed E-state index contributed by atoms with van der Waals surface area (Å²) in [7, 11) is 0. The van der Waals surface area contributed by atoms with Crippen molar-refractivity contribution in [2.75, 3.05) is 6.61 Å². The van der Waals surface area contributed by atoms with Crippen LogP contribution >= 0.6 is 0 Å². The molecule has 84 valence electrons. The van der Waals surface area contributed by atoms with Gasteiger partial charge in [0.2, 0.25) is 0 Å². The van der Waals surface area contributed by atoms with Crippen LogP contribution in [-0.2, 0) is 10.3 Å². The van der Waals surface area contributed by atoms with Gasteiger partial charge in [-0.2, -0.15) is 0 Å². The van der Waals surface area contributed by atoms with Gasteiger partial charge in [-0.05, 0) is 38.0 Å². The number of fused-ring (bicyclic) bond motifs is 1. The van der Waals surface area contributed by atoms with Crippen molar-refractivity contribution in [2.45, 2.75) is 25.4 Å². The lowest BCUT2D eigenvalue weighted by molar-refractivity contribution is 0.0181. The lowest BCUT2D eigenvalue weighted by atomic mass is 9.92. The van der Waals surface area contributed by atoms with Crippen LogP contribution in [-0.4, -0.2) is 11.6 Å². The third-order valence-electron chi connectivity index (χ3n) is 3.43. The fourth-order valence-corrected chi connectivity index (χ4v) is 2.52. The summed E-state index contributed by atoms with van der Waals surface area (Å²) in [5, 5.41) is 0.935. The fraction of sp³-hybridized carbons (Fsp3) is 0.385. The summed E-state index contributed by atoms with van der Waals surface area (Å²) in [4.78, 5) is 3.17. The van der Waals surface area contributed by atoms with Crippen molar-refractivity contribution in [3.8, 4) is 0 Å². The van der Waals surface area contributed by atoms with E-state index in [1.807, 2.05) is 6.20 Å². The summed E-state index contributed by atoms with van der Waals surface area (Å²) in [6.07, 6.45) is 4.00. The second-order valence-corrected chi connectivity index (χ2v) is 4.58. The first-order chi connectivity index (χ1) is 7.69. The molecule has 1 saturated heterocycles. The number of benzene rings is 1. The van der Waals surface area contributed by atoms with Gasteiger partial charge in [0, 0.05) is 29.3 Å². The van der Waals surface area contributed by atoms with E-state index in [9.17, 15) is 4.39 Å². The molecule has 2 aromatic rings. The molecule has 0 bridgehead atoms. The lowest BCUT2D eigenvalue weighted by Crippen LogP contribution is -2.19. The molecule has 1 aliphatic heterocycles. The van der Waals surface area contributed by atoms with E-state index in [0.717, 1.165) is 35.9 Å². The van der Waals surface area contributed by atoms with Crippen LogP contribution in [0.4, 0.5) is 4.39 Å². The highest BCUT2D eigenvalue weighted by molar-refractivity contribution is 5.84. The first kappa shape index (κ1) is 9.85. The van der Waals surface area contributed by atoms with E-state index in [1.54, 1.807) is 12.1 Å². The molecular weight excluding hydrogens is 205 g/mol. The Balaban J connectivity index is 2.19. The van der Waals surface area contributed by atoms with Gasteiger partial charge in [0.05, 0.1) is 5.60 Å². The third kappa shape index (κ3) is 1.35. The molecule has 1 unspecified atom stereocenters. The predicted molar refractivity (Wildman–Crippen MR) is 60.8 cm³/mol. The van der Waals surface area contributed by atoms with Crippen LogP contribution in [0.5, 0.6) is 0 Å². The molecule has 2 nitrogen and oxygen atoms in total. The van der Waals surface area contributed by atoms with Gasteiger partial charge in [-0.3, -0.25) is 0 Å². The minimum absolute atomic E-state index is 0.199. The van der Waals surface area contributed by atoms with E-state index < -0.39 is 0 Å². The first-order valence-electron chi connectivity index (χ1n) is 5.60. The topological polar surface area (TPSA) is 25.0 Å². The zero-order valence-electron chi connectivity index (χ0n) is 9.22. The highest BCUT2D eigenvalue weighted by Crippen LogP contribution is 2.39. The summed E-state index contributed by atoms with van der Waals surface area (Å²) in [5.41, 5.74) is 1.78. The van der Waals surface area contributed by atoms with Gasteiger partial charge in [0.1, 0.15) is 5.82 Å². The average Bonchev–Trinajstić information content (AvgIpc) is 2.84. The van der Waals surface area contributed by atoms with Gasteiger partial charge < -0.3 is 9.72 Å². The van der Waals surface area contributed by atoms with E-state index in [0.29, 0.717) is 0 Å². The Hall–Kier alpha value is -1.35. The molecule has 1 N–H and O–H groups in total. The molecule has 3 heteroatoms. The molecule has 16 heavy (non-hydrogen) atoms. The molecule has 2 heterocycles. The number of halogens is 1. The number of aromatic amines is 1. The Kier molecular flexibility index (Phi) is 2.04. The monoisotopic (exact) mass is 219 g/mol. The number of hydrogen-bond donors (Lipinski definition) is 1. The summed E-state index contributed by atoms with van der Waals surface area (Å²) < 4.78 is 19.0. The number of aromatic nitrogens is 1. The van der Waals surface area contributed by atoms with Gasteiger partial charge >= 0.3 is 0 Å². The minimum atomic E-state index is -0.258. The van der Waals surface area contributed by atoms with Gasteiger partial charge in [-0.25, -0.2) is 4.39 Å². The molecule has 1 aromatic heterocycles. The zero-order valence-corrected chi connectivity index (χ0v) is 9.22. The predicted octanol–water partition coefficient (Wildman–Crippen LogP) is 3.33. The fourth-order valence-electron chi connectivity index (χ4n) is 2.52. The zero-order chi connectivity index (χ0) is 11.2. The van der Waals surface area contributed by atoms with Gasteiger partial charge in [0.25, 0.3) is 0 Å². The van der Waals surface area contributed by atoms with Crippen LogP contribution in [0.2, 0.25) is 0 Å². The Labute approximate surface area is 93.4 Å². The third-order valence-corrected chi connectivity index (χ3v) is 3.43. The smallest absolute Gasteiger partial charge is 0.123 e. The molecule has 0 amide bonds. The maximum atomic E-state index is 13.3. The van der Waals surface area contributed by atoms with Crippen LogP contribution in [0.1, 0.15) is 25.3 Å². The quantitative estimate of drug-likeness (QED) is 0.781. The standard InChI is InChI=1S/C13H14FNO/c1-13(5-2-6-16-13)11-8-15-12-4-3-9(14)7-10(11)12/h3-4,7-8,15H,2,5-6H2,1H3.